The Labute approximate surface area is 131 Å². The maximum absolute atomic E-state index is 12.9. The lowest BCUT2D eigenvalue weighted by Crippen LogP contribution is -2.45. The Morgan fingerprint density at radius 2 is 1.82 bits per heavy atom. The molecule has 5 nitrogen and oxygen atoms in total. The van der Waals surface area contributed by atoms with Crippen molar-refractivity contribution in [3.8, 4) is 0 Å². The van der Waals surface area contributed by atoms with Crippen molar-refractivity contribution >= 4 is 17.6 Å². The number of hydrogen-bond donors (Lipinski definition) is 1. The second-order valence-corrected chi connectivity index (χ2v) is 6.05. The maximum Gasteiger partial charge on any atom is 0.254 e. The van der Waals surface area contributed by atoms with Gasteiger partial charge in [-0.2, -0.15) is 4.99 Å². The monoisotopic (exact) mass is 301 g/mol. The fourth-order valence-corrected chi connectivity index (χ4v) is 2.85. The quantitative estimate of drug-likeness (QED) is 0.672. The first-order chi connectivity index (χ1) is 10.4. The number of benzene rings is 1. The number of likely N-dealkylation sites (tertiary alicyclic amines) is 1. The normalized spacial score (nSPS) is 22.5. The number of carbonyl (C=O) groups is 2. The molecule has 2 atom stereocenters. The Kier molecular flexibility index (Phi) is 4.96. The molecule has 0 saturated carbocycles. The third-order valence-electron chi connectivity index (χ3n) is 4.09. The highest BCUT2D eigenvalue weighted by Gasteiger charge is 2.29. The van der Waals surface area contributed by atoms with Gasteiger partial charge in [-0.05, 0) is 31.7 Å². The largest absolute Gasteiger partial charge is 0.383 e. The molecule has 0 radical (unpaired) electrons. The SMILES string of the molecule is CC(=O)N=C(N)c1ccccc1C(=O)N1CC(C)CC[C@H]1C. The Morgan fingerprint density at radius 3 is 2.45 bits per heavy atom. The van der Waals surface area contributed by atoms with Gasteiger partial charge in [0.05, 0.1) is 5.56 Å². The standard InChI is InChI=1S/C17H23N3O2/c1-11-8-9-12(2)20(10-11)17(22)15-7-5-4-6-14(15)16(18)19-13(3)21/h4-7,11-12H,8-10H2,1-3H3,(H2,18,19,21)/t11?,12-/m1/s1. The Balaban J connectivity index is 2.36. The summed E-state index contributed by atoms with van der Waals surface area (Å²) < 4.78 is 0. The van der Waals surface area contributed by atoms with E-state index in [-0.39, 0.29) is 23.7 Å². The summed E-state index contributed by atoms with van der Waals surface area (Å²) in [5, 5.41) is 0. The van der Waals surface area contributed by atoms with Gasteiger partial charge < -0.3 is 10.6 Å². The molecule has 0 spiro atoms. The average molecular weight is 301 g/mol. The molecular formula is C17H23N3O2. The summed E-state index contributed by atoms with van der Waals surface area (Å²) in [5.41, 5.74) is 6.91. The lowest BCUT2D eigenvalue weighted by Gasteiger charge is -2.37. The van der Waals surface area contributed by atoms with Crippen molar-refractivity contribution in [3.63, 3.8) is 0 Å². The molecule has 2 amide bonds. The van der Waals surface area contributed by atoms with Gasteiger partial charge >= 0.3 is 0 Å². The lowest BCUT2D eigenvalue weighted by molar-refractivity contribution is -0.115. The summed E-state index contributed by atoms with van der Waals surface area (Å²) in [6.07, 6.45) is 2.15. The molecule has 1 aromatic rings. The van der Waals surface area contributed by atoms with Crippen LogP contribution < -0.4 is 5.73 Å². The van der Waals surface area contributed by atoms with Crippen molar-refractivity contribution in [1.29, 1.82) is 0 Å². The van der Waals surface area contributed by atoms with Crippen LogP contribution in [0.1, 0.15) is 49.5 Å². The number of rotatable bonds is 2. The molecular weight excluding hydrogens is 278 g/mol. The molecule has 1 aliphatic heterocycles. The molecule has 1 saturated heterocycles. The van der Waals surface area contributed by atoms with Crippen molar-refractivity contribution in [2.75, 3.05) is 6.54 Å². The van der Waals surface area contributed by atoms with Crippen LogP contribution in [0.5, 0.6) is 0 Å². The predicted molar refractivity (Wildman–Crippen MR) is 86.7 cm³/mol. The third kappa shape index (κ3) is 3.53. The number of nitrogens with two attached hydrogens (primary N) is 1. The summed E-state index contributed by atoms with van der Waals surface area (Å²) in [7, 11) is 0. The van der Waals surface area contributed by atoms with Crippen LogP contribution in [-0.4, -0.2) is 35.1 Å². The van der Waals surface area contributed by atoms with Crippen molar-refractivity contribution < 1.29 is 9.59 Å². The first-order valence-electron chi connectivity index (χ1n) is 7.65. The molecule has 1 aliphatic rings. The Hall–Kier alpha value is -2.17. The van der Waals surface area contributed by atoms with Crippen LogP contribution in [0, 0.1) is 5.92 Å². The number of aliphatic imine (C=N–C) groups is 1. The molecule has 22 heavy (non-hydrogen) atoms. The topological polar surface area (TPSA) is 75.8 Å². The summed E-state index contributed by atoms with van der Waals surface area (Å²) in [5.74, 6) is 0.167. The maximum atomic E-state index is 12.9. The van der Waals surface area contributed by atoms with E-state index in [1.54, 1.807) is 24.3 Å². The number of piperidine rings is 1. The first-order valence-corrected chi connectivity index (χ1v) is 7.65. The van der Waals surface area contributed by atoms with E-state index < -0.39 is 0 Å². The van der Waals surface area contributed by atoms with Crippen LogP contribution in [0.15, 0.2) is 29.3 Å². The van der Waals surface area contributed by atoms with E-state index in [9.17, 15) is 9.59 Å². The van der Waals surface area contributed by atoms with Gasteiger partial charge in [0, 0.05) is 25.1 Å². The van der Waals surface area contributed by atoms with Crippen molar-refractivity contribution in [2.24, 2.45) is 16.6 Å². The number of hydrogen-bond acceptors (Lipinski definition) is 2. The minimum Gasteiger partial charge on any atom is -0.383 e. The van der Waals surface area contributed by atoms with Crippen LogP contribution >= 0.6 is 0 Å². The van der Waals surface area contributed by atoms with Gasteiger partial charge in [0.1, 0.15) is 5.84 Å². The van der Waals surface area contributed by atoms with Gasteiger partial charge in [-0.3, -0.25) is 9.59 Å². The van der Waals surface area contributed by atoms with Gasteiger partial charge in [0.2, 0.25) is 5.91 Å². The van der Waals surface area contributed by atoms with E-state index in [2.05, 4.69) is 18.8 Å². The fourth-order valence-electron chi connectivity index (χ4n) is 2.85. The van der Waals surface area contributed by atoms with E-state index in [0.717, 1.165) is 19.4 Å². The lowest BCUT2D eigenvalue weighted by atomic mass is 9.93. The molecule has 0 bridgehead atoms. The van der Waals surface area contributed by atoms with Gasteiger partial charge in [-0.25, -0.2) is 0 Å². The highest BCUT2D eigenvalue weighted by atomic mass is 16.2. The summed E-state index contributed by atoms with van der Waals surface area (Å²) >= 11 is 0. The number of carbonyl (C=O) groups excluding carboxylic acids is 2. The van der Waals surface area contributed by atoms with Gasteiger partial charge in [-0.15, -0.1) is 0 Å². The summed E-state index contributed by atoms with van der Waals surface area (Å²) in [4.78, 5) is 29.7. The van der Waals surface area contributed by atoms with Gasteiger partial charge in [0.25, 0.3) is 5.91 Å². The van der Waals surface area contributed by atoms with Crippen molar-refractivity contribution in [2.45, 2.75) is 39.7 Å². The van der Waals surface area contributed by atoms with Gasteiger partial charge in [-0.1, -0.05) is 25.1 Å². The second kappa shape index (κ2) is 6.73. The zero-order valence-electron chi connectivity index (χ0n) is 13.4. The molecule has 0 aliphatic carbocycles. The molecule has 5 heteroatoms. The summed E-state index contributed by atoms with van der Waals surface area (Å²) in [6, 6.07) is 7.27. The Morgan fingerprint density at radius 1 is 1.18 bits per heavy atom. The molecule has 0 aromatic heterocycles. The molecule has 2 rings (SSSR count). The molecule has 1 fully saturated rings. The zero-order chi connectivity index (χ0) is 16.3. The number of amides is 2. The molecule has 118 valence electrons. The number of amidine groups is 1. The number of nitrogens with zero attached hydrogens (tertiary/aromatic N) is 2. The minimum atomic E-state index is -0.375. The van der Waals surface area contributed by atoms with Gasteiger partial charge in [0.15, 0.2) is 0 Å². The highest BCUT2D eigenvalue weighted by Crippen LogP contribution is 2.24. The summed E-state index contributed by atoms with van der Waals surface area (Å²) in [6.45, 7) is 6.31. The third-order valence-corrected chi connectivity index (χ3v) is 4.09. The van der Waals surface area contributed by atoms with E-state index in [0.29, 0.717) is 17.0 Å². The van der Waals surface area contributed by atoms with Crippen LogP contribution in [0.2, 0.25) is 0 Å². The predicted octanol–water partition coefficient (Wildman–Crippen LogP) is 2.20. The molecule has 2 N–H and O–H groups in total. The fraction of sp³-hybridized carbons (Fsp3) is 0.471. The van der Waals surface area contributed by atoms with Crippen LogP contribution in [0.25, 0.3) is 0 Å². The van der Waals surface area contributed by atoms with E-state index in [1.165, 1.54) is 6.92 Å². The van der Waals surface area contributed by atoms with Crippen LogP contribution in [-0.2, 0) is 4.79 Å². The Bertz CT molecular complexity index is 610. The minimum absolute atomic E-state index is 0.0450. The average Bonchev–Trinajstić information content (AvgIpc) is 2.48. The zero-order valence-corrected chi connectivity index (χ0v) is 13.4. The smallest absolute Gasteiger partial charge is 0.254 e. The van der Waals surface area contributed by atoms with Crippen molar-refractivity contribution in [1.82, 2.24) is 4.90 Å². The van der Waals surface area contributed by atoms with E-state index in [1.807, 2.05) is 4.90 Å². The van der Waals surface area contributed by atoms with E-state index in [4.69, 9.17) is 5.73 Å². The molecule has 1 aromatic carbocycles. The first kappa shape index (κ1) is 16.2. The molecule has 1 heterocycles. The highest BCUT2D eigenvalue weighted by molar-refractivity contribution is 6.11. The van der Waals surface area contributed by atoms with E-state index >= 15 is 0 Å². The van der Waals surface area contributed by atoms with Crippen LogP contribution in [0.4, 0.5) is 0 Å². The second-order valence-electron chi connectivity index (χ2n) is 6.05. The van der Waals surface area contributed by atoms with Crippen molar-refractivity contribution in [3.05, 3.63) is 35.4 Å². The van der Waals surface area contributed by atoms with Crippen LogP contribution in [0.3, 0.4) is 0 Å². The molecule has 1 unspecified atom stereocenters.